The zero-order valence-electron chi connectivity index (χ0n) is 10.3. The molecule has 0 bridgehead atoms. The van der Waals surface area contributed by atoms with Crippen LogP contribution in [0.15, 0.2) is 16.6 Å². The molecule has 16 heavy (non-hydrogen) atoms. The van der Waals surface area contributed by atoms with Gasteiger partial charge in [0.25, 0.3) is 0 Å². The predicted molar refractivity (Wildman–Crippen MR) is 63.3 cm³/mol. The first-order valence-corrected chi connectivity index (χ1v) is 5.45. The highest BCUT2D eigenvalue weighted by Gasteiger charge is 2.03. The maximum Gasteiger partial charge on any atom is 0.208 e. The molecule has 0 aliphatic rings. The van der Waals surface area contributed by atoms with Gasteiger partial charge >= 0.3 is 0 Å². The lowest BCUT2D eigenvalue weighted by molar-refractivity contribution is 0.157. The minimum atomic E-state index is 0.624. The highest BCUT2D eigenvalue weighted by Crippen LogP contribution is 2.07. The van der Waals surface area contributed by atoms with Crippen LogP contribution in [0.3, 0.4) is 0 Å². The molecule has 0 aliphatic carbocycles. The van der Waals surface area contributed by atoms with E-state index in [4.69, 9.17) is 9.15 Å². The van der Waals surface area contributed by atoms with Crippen molar-refractivity contribution in [3.63, 3.8) is 0 Å². The normalized spacial score (nSPS) is 10.7. The molecule has 0 radical (unpaired) electrons. The molecular formula is C12H20N2O2. The number of aryl methyl sites for hydroxylation is 2. The molecule has 1 heterocycles. The Bertz CT molecular complexity index is 325. The largest absolute Gasteiger partial charge is 0.444 e. The summed E-state index contributed by atoms with van der Waals surface area (Å²) < 4.78 is 10.8. The van der Waals surface area contributed by atoms with Crippen molar-refractivity contribution < 1.29 is 9.15 Å². The van der Waals surface area contributed by atoms with E-state index in [1.165, 1.54) is 0 Å². The molecule has 1 aromatic rings. The van der Waals surface area contributed by atoms with E-state index in [2.05, 4.69) is 16.9 Å². The molecule has 90 valence electrons. The molecule has 0 aromatic carbocycles. The van der Waals surface area contributed by atoms with Crippen molar-refractivity contribution in [2.75, 3.05) is 19.8 Å². The Balaban J connectivity index is 2.09. The molecule has 0 amide bonds. The minimum absolute atomic E-state index is 0.624. The number of ether oxygens (including phenoxy) is 1. The maximum absolute atomic E-state index is 5.43. The van der Waals surface area contributed by atoms with Crippen molar-refractivity contribution in [3.05, 3.63) is 29.5 Å². The van der Waals surface area contributed by atoms with E-state index in [1.807, 2.05) is 20.8 Å². The molecule has 0 atom stereocenters. The number of aromatic nitrogens is 1. The lowest BCUT2D eigenvalue weighted by Gasteiger charge is -2.04. The summed E-state index contributed by atoms with van der Waals surface area (Å²) in [5, 5.41) is 3.21. The Hall–Kier alpha value is -1.13. The summed E-state index contributed by atoms with van der Waals surface area (Å²) in [4.78, 5) is 4.27. The fourth-order valence-electron chi connectivity index (χ4n) is 1.20. The van der Waals surface area contributed by atoms with Gasteiger partial charge in [-0.2, -0.15) is 0 Å². The second kappa shape index (κ2) is 6.45. The standard InChI is InChI=1S/C12H20N2O2/c1-9(2)8-15-6-5-13-7-12-14-10(3)11(4)16-12/h13H,1,5-8H2,2-4H3. The van der Waals surface area contributed by atoms with Crippen LogP contribution in [0.4, 0.5) is 0 Å². The fraction of sp³-hybridized carbons (Fsp3) is 0.583. The van der Waals surface area contributed by atoms with E-state index in [-0.39, 0.29) is 0 Å². The van der Waals surface area contributed by atoms with Crippen molar-refractivity contribution in [2.24, 2.45) is 0 Å². The summed E-state index contributed by atoms with van der Waals surface area (Å²) in [6.45, 7) is 12.3. The lowest BCUT2D eigenvalue weighted by atomic mass is 10.4. The molecule has 0 aliphatic heterocycles. The number of nitrogens with one attached hydrogen (secondary N) is 1. The Labute approximate surface area is 96.7 Å². The third-order valence-electron chi connectivity index (χ3n) is 2.12. The van der Waals surface area contributed by atoms with Gasteiger partial charge in [0.05, 0.1) is 25.5 Å². The molecule has 0 saturated carbocycles. The predicted octanol–water partition coefficient (Wildman–Crippen LogP) is 1.97. The van der Waals surface area contributed by atoms with Crippen LogP contribution < -0.4 is 5.32 Å². The van der Waals surface area contributed by atoms with E-state index >= 15 is 0 Å². The van der Waals surface area contributed by atoms with Gasteiger partial charge in [-0.15, -0.1) is 0 Å². The summed E-state index contributed by atoms with van der Waals surface area (Å²) in [5.74, 6) is 1.62. The van der Waals surface area contributed by atoms with Gasteiger partial charge in [-0.3, -0.25) is 0 Å². The van der Waals surface area contributed by atoms with Crippen LogP contribution >= 0.6 is 0 Å². The molecule has 4 heteroatoms. The number of nitrogens with zero attached hydrogens (tertiary/aromatic N) is 1. The van der Waals surface area contributed by atoms with Crippen LogP contribution in [0.2, 0.25) is 0 Å². The van der Waals surface area contributed by atoms with E-state index < -0.39 is 0 Å². The van der Waals surface area contributed by atoms with Crippen molar-refractivity contribution in [3.8, 4) is 0 Å². The summed E-state index contributed by atoms with van der Waals surface area (Å²) in [6, 6.07) is 0. The summed E-state index contributed by atoms with van der Waals surface area (Å²) >= 11 is 0. The first-order valence-electron chi connectivity index (χ1n) is 5.45. The second-order valence-corrected chi connectivity index (χ2v) is 3.94. The van der Waals surface area contributed by atoms with Gasteiger partial charge in [0, 0.05) is 6.54 Å². The van der Waals surface area contributed by atoms with E-state index in [0.717, 1.165) is 29.5 Å². The minimum Gasteiger partial charge on any atom is -0.444 e. The van der Waals surface area contributed by atoms with Gasteiger partial charge in [-0.05, 0) is 20.8 Å². The van der Waals surface area contributed by atoms with Crippen molar-refractivity contribution in [1.29, 1.82) is 0 Å². The van der Waals surface area contributed by atoms with Crippen LogP contribution in [0, 0.1) is 13.8 Å². The molecule has 1 aromatic heterocycles. The Morgan fingerprint density at radius 2 is 2.25 bits per heavy atom. The molecule has 0 spiro atoms. The Kier molecular flexibility index (Phi) is 5.22. The number of hydrogen-bond acceptors (Lipinski definition) is 4. The van der Waals surface area contributed by atoms with Gasteiger partial charge in [-0.25, -0.2) is 4.98 Å². The highest BCUT2D eigenvalue weighted by atomic mass is 16.5. The molecule has 1 N–H and O–H groups in total. The Morgan fingerprint density at radius 1 is 1.50 bits per heavy atom. The van der Waals surface area contributed by atoms with Gasteiger partial charge in [0.1, 0.15) is 5.76 Å². The number of rotatable bonds is 7. The third kappa shape index (κ3) is 4.59. The monoisotopic (exact) mass is 224 g/mol. The number of oxazole rings is 1. The smallest absolute Gasteiger partial charge is 0.208 e. The lowest BCUT2D eigenvalue weighted by Crippen LogP contribution is -2.19. The molecule has 1 rings (SSSR count). The first kappa shape index (κ1) is 12.9. The summed E-state index contributed by atoms with van der Waals surface area (Å²) in [5.41, 5.74) is 1.99. The third-order valence-corrected chi connectivity index (χ3v) is 2.12. The molecule has 4 nitrogen and oxygen atoms in total. The molecule has 0 saturated heterocycles. The summed E-state index contributed by atoms with van der Waals surface area (Å²) in [6.07, 6.45) is 0. The van der Waals surface area contributed by atoms with Crippen LogP contribution in [0.5, 0.6) is 0 Å². The zero-order chi connectivity index (χ0) is 12.0. The van der Waals surface area contributed by atoms with Crippen LogP contribution in [0.1, 0.15) is 24.3 Å². The van der Waals surface area contributed by atoms with Crippen LogP contribution in [-0.4, -0.2) is 24.7 Å². The molecular weight excluding hydrogens is 204 g/mol. The van der Waals surface area contributed by atoms with Gasteiger partial charge in [-0.1, -0.05) is 12.2 Å². The number of hydrogen-bond donors (Lipinski definition) is 1. The van der Waals surface area contributed by atoms with Crippen molar-refractivity contribution in [2.45, 2.75) is 27.3 Å². The van der Waals surface area contributed by atoms with Crippen molar-refractivity contribution >= 4 is 0 Å². The van der Waals surface area contributed by atoms with E-state index in [1.54, 1.807) is 0 Å². The average molecular weight is 224 g/mol. The second-order valence-electron chi connectivity index (χ2n) is 3.94. The van der Waals surface area contributed by atoms with Gasteiger partial charge < -0.3 is 14.5 Å². The van der Waals surface area contributed by atoms with Gasteiger partial charge in [0.2, 0.25) is 5.89 Å². The van der Waals surface area contributed by atoms with E-state index in [9.17, 15) is 0 Å². The molecule has 0 fully saturated rings. The van der Waals surface area contributed by atoms with Crippen molar-refractivity contribution in [1.82, 2.24) is 10.3 Å². The topological polar surface area (TPSA) is 47.3 Å². The highest BCUT2D eigenvalue weighted by molar-refractivity contribution is 5.05. The molecule has 0 unspecified atom stereocenters. The zero-order valence-corrected chi connectivity index (χ0v) is 10.3. The maximum atomic E-state index is 5.43. The average Bonchev–Trinajstić information content (AvgIpc) is 2.52. The van der Waals surface area contributed by atoms with Crippen LogP contribution in [-0.2, 0) is 11.3 Å². The summed E-state index contributed by atoms with van der Waals surface area (Å²) in [7, 11) is 0. The van der Waals surface area contributed by atoms with Crippen LogP contribution in [0.25, 0.3) is 0 Å². The fourth-order valence-corrected chi connectivity index (χ4v) is 1.20. The SMILES string of the molecule is C=C(C)COCCNCc1nc(C)c(C)o1. The quantitative estimate of drug-likeness (QED) is 0.568. The first-order chi connectivity index (χ1) is 7.59. The Morgan fingerprint density at radius 3 is 2.81 bits per heavy atom. The van der Waals surface area contributed by atoms with E-state index in [0.29, 0.717) is 19.8 Å². The van der Waals surface area contributed by atoms with Gasteiger partial charge in [0.15, 0.2) is 0 Å².